The molecule has 0 aliphatic carbocycles. The highest BCUT2D eigenvalue weighted by atomic mass is 19.1. The van der Waals surface area contributed by atoms with Gasteiger partial charge in [-0.15, -0.1) is 0 Å². The normalized spacial score (nSPS) is 11.9. The number of fused-ring (bicyclic) bond motifs is 1. The zero-order valence-electron chi connectivity index (χ0n) is 12.8. The van der Waals surface area contributed by atoms with Crippen molar-refractivity contribution in [3.05, 3.63) is 60.2 Å². The predicted molar refractivity (Wildman–Crippen MR) is 88.1 cm³/mol. The average molecular weight is 326 g/mol. The molecule has 7 heteroatoms. The van der Waals surface area contributed by atoms with E-state index in [4.69, 9.17) is 0 Å². The van der Waals surface area contributed by atoms with Crippen molar-refractivity contribution < 1.29 is 14.0 Å². The number of nitrogens with zero attached hydrogens (tertiary/aromatic N) is 1. The third-order valence-electron chi connectivity index (χ3n) is 3.57. The van der Waals surface area contributed by atoms with Crippen LogP contribution in [0.15, 0.2) is 48.8 Å². The number of amides is 2. The minimum absolute atomic E-state index is 0.105. The fourth-order valence-electron chi connectivity index (χ4n) is 2.29. The minimum atomic E-state index is -0.841. The molecule has 2 aromatic carbocycles. The van der Waals surface area contributed by atoms with Crippen molar-refractivity contribution in [2.24, 2.45) is 0 Å². The van der Waals surface area contributed by atoms with Crippen LogP contribution in [0.1, 0.15) is 17.3 Å². The van der Waals surface area contributed by atoms with Crippen LogP contribution in [0, 0.1) is 5.82 Å². The van der Waals surface area contributed by atoms with Crippen LogP contribution in [0.4, 0.5) is 10.1 Å². The van der Waals surface area contributed by atoms with Gasteiger partial charge >= 0.3 is 0 Å². The molecule has 0 fully saturated rings. The molecule has 0 bridgehead atoms. The number of carbonyl (C=O) groups excluding carboxylic acids is 2. The number of aromatic amines is 1. The molecular formula is C17H15FN4O2. The van der Waals surface area contributed by atoms with Crippen LogP contribution >= 0.6 is 0 Å². The van der Waals surface area contributed by atoms with Crippen molar-refractivity contribution in [2.75, 3.05) is 5.32 Å². The van der Waals surface area contributed by atoms with Crippen LogP contribution in [-0.4, -0.2) is 27.8 Å². The first kappa shape index (κ1) is 15.7. The van der Waals surface area contributed by atoms with E-state index < -0.39 is 23.7 Å². The second-order valence-corrected chi connectivity index (χ2v) is 5.27. The largest absolute Gasteiger partial charge is 0.345 e. The molecular weight excluding hydrogens is 311 g/mol. The smallest absolute Gasteiger partial charge is 0.254 e. The quantitative estimate of drug-likeness (QED) is 0.688. The summed E-state index contributed by atoms with van der Waals surface area (Å²) in [7, 11) is 0. The number of imidazole rings is 1. The van der Waals surface area contributed by atoms with Crippen molar-refractivity contribution in [1.82, 2.24) is 15.3 Å². The summed E-state index contributed by atoms with van der Waals surface area (Å²) in [5.74, 6) is -1.70. The van der Waals surface area contributed by atoms with E-state index in [-0.39, 0.29) is 5.56 Å². The summed E-state index contributed by atoms with van der Waals surface area (Å²) < 4.78 is 13.6. The summed E-state index contributed by atoms with van der Waals surface area (Å²) in [6.45, 7) is 1.53. The summed E-state index contributed by atoms with van der Waals surface area (Å²) in [6, 6.07) is 10.1. The number of hydrogen-bond donors (Lipinski definition) is 3. The van der Waals surface area contributed by atoms with E-state index in [0.29, 0.717) is 11.2 Å². The number of nitrogens with one attached hydrogen (secondary N) is 3. The number of halogens is 1. The number of rotatable bonds is 4. The zero-order valence-corrected chi connectivity index (χ0v) is 12.8. The van der Waals surface area contributed by atoms with Crippen molar-refractivity contribution in [3.63, 3.8) is 0 Å². The lowest BCUT2D eigenvalue weighted by Gasteiger charge is -2.14. The Balaban J connectivity index is 1.70. The molecule has 2 amide bonds. The molecule has 0 spiro atoms. The van der Waals surface area contributed by atoms with Gasteiger partial charge in [-0.2, -0.15) is 0 Å². The summed E-state index contributed by atoms with van der Waals surface area (Å²) in [5.41, 5.74) is 1.84. The molecule has 3 rings (SSSR count). The van der Waals surface area contributed by atoms with E-state index in [9.17, 15) is 14.0 Å². The van der Waals surface area contributed by atoms with Crippen LogP contribution in [0.2, 0.25) is 0 Å². The standard InChI is InChI=1S/C17H15FN4O2/c1-10(21-17(24)11-5-2-3-6-12(11)18)16(23)22-14-8-4-7-13-15(14)20-9-19-13/h2-10H,1H3,(H,19,20)(H,21,24)(H,22,23). The highest BCUT2D eigenvalue weighted by Gasteiger charge is 2.19. The molecule has 122 valence electrons. The van der Waals surface area contributed by atoms with Crippen LogP contribution in [0.5, 0.6) is 0 Å². The second-order valence-electron chi connectivity index (χ2n) is 5.27. The molecule has 1 heterocycles. The fourth-order valence-corrected chi connectivity index (χ4v) is 2.29. The number of aromatic nitrogens is 2. The maximum absolute atomic E-state index is 13.6. The van der Waals surface area contributed by atoms with Crippen molar-refractivity contribution >= 4 is 28.5 Å². The Morgan fingerprint density at radius 2 is 1.96 bits per heavy atom. The monoisotopic (exact) mass is 326 g/mol. The van der Waals surface area contributed by atoms with Gasteiger partial charge in [-0.1, -0.05) is 18.2 Å². The fraction of sp³-hybridized carbons (Fsp3) is 0.118. The maximum Gasteiger partial charge on any atom is 0.254 e. The van der Waals surface area contributed by atoms with Crippen molar-refractivity contribution in [1.29, 1.82) is 0 Å². The number of anilines is 1. The van der Waals surface area contributed by atoms with E-state index in [0.717, 1.165) is 5.52 Å². The van der Waals surface area contributed by atoms with Crippen LogP contribution in [0.25, 0.3) is 11.0 Å². The van der Waals surface area contributed by atoms with E-state index in [2.05, 4.69) is 20.6 Å². The van der Waals surface area contributed by atoms with Crippen LogP contribution < -0.4 is 10.6 Å². The van der Waals surface area contributed by atoms with Gasteiger partial charge in [0.2, 0.25) is 5.91 Å². The van der Waals surface area contributed by atoms with Gasteiger partial charge in [0.25, 0.3) is 5.91 Å². The summed E-state index contributed by atoms with van der Waals surface area (Å²) >= 11 is 0. The lowest BCUT2D eigenvalue weighted by atomic mass is 10.2. The Bertz CT molecular complexity index is 906. The molecule has 0 saturated heterocycles. The van der Waals surface area contributed by atoms with Gasteiger partial charge < -0.3 is 15.6 Å². The Labute approximate surface area is 137 Å². The highest BCUT2D eigenvalue weighted by molar-refractivity contribution is 6.04. The average Bonchev–Trinajstić information content (AvgIpc) is 3.04. The van der Waals surface area contributed by atoms with Gasteiger partial charge in [0, 0.05) is 0 Å². The number of carbonyl (C=O) groups is 2. The number of benzene rings is 2. The molecule has 3 aromatic rings. The second kappa shape index (κ2) is 6.49. The Morgan fingerprint density at radius 3 is 2.75 bits per heavy atom. The predicted octanol–water partition coefficient (Wildman–Crippen LogP) is 2.46. The first-order valence-corrected chi connectivity index (χ1v) is 7.34. The molecule has 1 atom stereocenters. The van der Waals surface area contributed by atoms with E-state index in [1.807, 2.05) is 6.07 Å². The Morgan fingerprint density at radius 1 is 1.17 bits per heavy atom. The Hall–Kier alpha value is -3.22. The third-order valence-corrected chi connectivity index (χ3v) is 3.57. The number of H-pyrrole nitrogens is 1. The van der Waals surface area contributed by atoms with E-state index >= 15 is 0 Å². The molecule has 3 N–H and O–H groups in total. The maximum atomic E-state index is 13.6. The molecule has 1 aromatic heterocycles. The molecule has 0 radical (unpaired) electrons. The highest BCUT2D eigenvalue weighted by Crippen LogP contribution is 2.19. The molecule has 24 heavy (non-hydrogen) atoms. The van der Waals surface area contributed by atoms with Gasteiger partial charge in [0.15, 0.2) is 0 Å². The topological polar surface area (TPSA) is 86.9 Å². The number of para-hydroxylation sites is 1. The lowest BCUT2D eigenvalue weighted by molar-refractivity contribution is -0.117. The van der Waals surface area contributed by atoms with Gasteiger partial charge in [-0.3, -0.25) is 9.59 Å². The summed E-state index contributed by atoms with van der Waals surface area (Å²) in [4.78, 5) is 31.4. The SMILES string of the molecule is CC(NC(=O)c1ccccc1F)C(=O)Nc1cccc2[nH]cnc12. The molecule has 0 saturated carbocycles. The lowest BCUT2D eigenvalue weighted by Crippen LogP contribution is -2.41. The minimum Gasteiger partial charge on any atom is -0.345 e. The van der Waals surface area contributed by atoms with Gasteiger partial charge in [0.1, 0.15) is 17.4 Å². The molecule has 0 aliphatic heterocycles. The van der Waals surface area contributed by atoms with E-state index in [1.54, 1.807) is 18.2 Å². The first-order valence-electron chi connectivity index (χ1n) is 7.34. The van der Waals surface area contributed by atoms with Crippen molar-refractivity contribution in [3.8, 4) is 0 Å². The van der Waals surface area contributed by atoms with Crippen LogP contribution in [-0.2, 0) is 4.79 Å². The van der Waals surface area contributed by atoms with E-state index in [1.165, 1.54) is 31.5 Å². The van der Waals surface area contributed by atoms with Gasteiger partial charge in [0.05, 0.1) is 23.1 Å². The molecule has 1 unspecified atom stereocenters. The van der Waals surface area contributed by atoms with Gasteiger partial charge in [-0.05, 0) is 31.2 Å². The molecule has 0 aliphatic rings. The third kappa shape index (κ3) is 3.10. The number of hydrogen-bond acceptors (Lipinski definition) is 3. The van der Waals surface area contributed by atoms with Crippen molar-refractivity contribution in [2.45, 2.75) is 13.0 Å². The summed E-state index contributed by atoms with van der Waals surface area (Å²) in [6.07, 6.45) is 1.53. The van der Waals surface area contributed by atoms with Crippen LogP contribution in [0.3, 0.4) is 0 Å². The summed E-state index contributed by atoms with van der Waals surface area (Å²) in [5, 5.41) is 5.19. The zero-order chi connectivity index (χ0) is 17.1. The Kier molecular flexibility index (Phi) is 4.24. The van der Waals surface area contributed by atoms with Gasteiger partial charge in [-0.25, -0.2) is 9.37 Å². The first-order chi connectivity index (χ1) is 11.6. The molecule has 6 nitrogen and oxygen atoms in total.